The Morgan fingerprint density at radius 2 is 1.93 bits per heavy atom. The Hall–Kier alpha value is -2.63. The largest absolute Gasteiger partial charge is 0.548 e. The lowest BCUT2D eigenvalue weighted by Gasteiger charge is -2.20. The van der Waals surface area contributed by atoms with Crippen LogP contribution in [0.2, 0.25) is 0 Å². The number of aliphatic carboxylic acids is 2. The van der Waals surface area contributed by atoms with E-state index in [1.807, 2.05) is 30.5 Å². The van der Waals surface area contributed by atoms with E-state index in [0.29, 0.717) is 10.9 Å². The number of hydrogen-bond acceptors (Lipinski definition) is 7. The Bertz CT molecular complexity index is 901. The minimum Gasteiger partial charge on any atom is -0.548 e. The number of carboxylic acid groups (broad SMARTS) is 2. The summed E-state index contributed by atoms with van der Waals surface area (Å²) in [4.78, 5) is 36.9. The fourth-order valence-corrected chi connectivity index (χ4v) is 3.50. The third-order valence-corrected chi connectivity index (χ3v) is 5.56. The molecule has 0 saturated carbocycles. The van der Waals surface area contributed by atoms with Gasteiger partial charge in [0.15, 0.2) is 0 Å². The van der Waals surface area contributed by atoms with Crippen LogP contribution in [0.5, 0.6) is 0 Å². The molecule has 1 aromatic heterocycles. The van der Waals surface area contributed by atoms with Gasteiger partial charge in [-0.3, -0.25) is 4.79 Å². The van der Waals surface area contributed by atoms with Crippen LogP contribution >= 0.6 is 24.0 Å². The fraction of sp³-hybridized carbons (Fsp3) is 0.333. The predicted octanol–water partition coefficient (Wildman–Crippen LogP) is -2.35. The number of carboxylic acids is 2. The van der Waals surface area contributed by atoms with Crippen molar-refractivity contribution in [3.05, 3.63) is 36.0 Å². The molecule has 1 aromatic carbocycles. The number of thioether (sulfide) groups is 1. The van der Waals surface area contributed by atoms with Gasteiger partial charge in [0.25, 0.3) is 0 Å². The summed E-state index contributed by atoms with van der Waals surface area (Å²) in [6.07, 6.45) is 1.64. The second-order valence-electron chi connectivity index (χ2n) is 6.31. The standard InChI is InChI=1S/C18H22N4O5S2/c19-12(16(24)25)5-6-15(23)22-14(17(26)27)9-29-18(28)21-8-10-7-20-13-4-2-1-3-11(10)13/h1-4,7,12,14,20H,5-6,8-9,19H2,(H,21,28)(H,22,23)(H,24,25)(H,26,27)/p-1/t12-,14-/m0/s1. The lowest BCUT2D eigenvalue weighted by atomic mass is 10.1. The van der Waals surface area contributed by atoms with Crippen LogP contribution in [0.3, 0.4) is 0 Å². The maximum absolute atomic E-state index is 11.8. The predicted molar refractivity (Wildman–Crippen MR) is 108 cm³/mol. The van der Waals surface area contributed by atoms with Gasteiger partial charge in [-0.05, 0) is 11.6 Å². The number of aromatic nitrogens is 1. The van der Waals surface area contributed by atoms with E-state index >= 15 is 0 Å². The number of carbonyl (C=O) groups excluding carboxylic acids is 3. The maximum Gasteiger partial charge on any atom is 0.220 e. The van der Waals surface area contributed by atoms with Crippen molar-refractivity contribution >= 4 is 57.0 Å². The van der Waals surface area contributed by atoms with E-state index in [4.69, 9.17) is 12.2 Å². The first-order valence-corrected chi connectivity index (χ1v) is 10.2. The number of para-hydroxylation sites is 1. The summed E-state index contributed by atoms with van der Waals surface area (Å²) in [5.41, 5.74) is 5.36. The van der Waals surface area contributed by atoms with E-state index in [0.717, 1.165) is 28.2 Å². The van der Waals surface area contributed by atoms with Gasteiger partial charge in [-0.1, -0.05) is 42.2 Å². The maximum atomic E-state index is 11.8. The molecule has 0 fully saturated rings. The summed E-state index contributed by atoms with van der Waals surface area (Å²) < 4.78 is 0.380. The molecular formula is C18H21N4O5S2-. The highest BCUT2D eigenvalue weighted by molar-refractivity contribution is 8.23. The third-order valence-electron chi connectivity index (χ3n) is 4.15. The number of H-pyrrole nitrogens is 1. The van der Waals surface area contributed by atoms with E-state index in [-0.39, 0.29) is 18.6 Å². The first kappa shape index (κ1) is 22.7. The molecule has 0 saturated heterocycles. The van der Waals surface area contributed by atoms with Crippen LogP contribution in [0.4, 0.5) is 0 Å². The zero-order valence-corrected chi connectivity index (χ0v) is 17.1. The molecule has 0 aliphatic rings. The number of thiocarbonyl (C=S) groups is 1. The minimum atomic E-state index is -1.45. The van der Waals surface area contributed by atoms with E-state index in [9.17, 15) is 24.6 Å². The molecule has 0 unspecified atom stereocenters. The number of hydrogen-bond donors (Lipinski definition) is 4. The molecule has 29 heavy (non-hydrogen) atoms. The molecule has 0 aliphatic heterocycles. The van der Waals surface area contributed by atoms with Crippen molar-refractivity contribution < 1.29 is 30.3 Å². The molecule has 11 heteroatoms. The van der Waals surface area contributed by atoms with E-state index < -0.39 is 29.9 Å². The average molecular weight is 438 g/mol. The van der Waals surface area contributed by atoms with Gasteiger partial charge in [-0.25, -0.2) is 0 Å². The number of nitrogens with one attached hydrogen (secondary N) is 3. The van der Waals surface area contributed by atoms with Crippen LogP contribution in [0, 0.1) is 0 Å². The summed E-state index contributed by atoms with van der Waals surface area (Å²) >= 11 is 6.29. The average Bonchev–Trinajstić information content (AvgIpc) is 3.10. The molecule has 2 aromatic rings. The van der Waals surface area contributed by atoms with Crippen molar-refractivity contribution in [1.29, 1.82) is 0 Å². The van der Waals surface area contributed by atoms with Gasteiger partial charge in [0.1, 0.15) is 10.4 Å². The van der Waals surface area contributed by atoms with Gasteiger partial charge in [-0.15, -0.1) is 0 Å². The highest BCUT2D eigenvalue weighted by Gasteiger charge is 2.17. The van der Waals surface area contributed by atoms with E-state index in [2.05, 4.69) is 21.4 Å². The number of benzene rings is 1. The highest BCUT2D eigenvalue weighted by atomic mass is 32.2. The first-order chi connectivity index (χ1) is 13.8. The first-order valence-electron chi connectivity index (χ1n) is 8.77. The Morgan fingerprint density at radius 1 is 1.21 bits per heavy atom. The van der Waals surface area contributed by atoms with Crippen molar-refractivity contribution in [3.8, 4) is 0 Å². The minimum absolute atomic E-state index is 0.0257. The Kier molecular flexibility index (Phi) is 8.43. The summed E-state index contributed by atoms with van der Waals surface area (Å²) in [7, 11) is 0. The van der Waals surface area contributed by atoms with E-state index in [1.165, 1.54) is 0 Å². The van der Waals surface area contributed by atoms with Crippen LogP contribution in [0.1, 0.15) is 18.4 Å². The van der Waals surface area contributed by atoms with Gasteiger partial charge in [0, 0.05) is 42.2 Å². The zero-order valence-electron chi connectivity index (χ0n) is 15.4. The smallest absolute Gasteiger partial charge is 0.220 e. The Balaban J connectivity index is 1.78. The van der Waals surface area contributed by atoms with Gasteiger partial charge < -0.3 is 41.2 Å². The molecule has 0 aliphatic carbocycles. The zero-order chi connectivity index (χ0) is 21.4. The molecule has 1 heterocycles. The van der Waals surface area contributed by atoms with Crippen LogP contribution in [0.15, 0.2) is 30.5 Å². The van der Waals surface area contributed by atoms with Gasteiger partial charge >= 0.3 is 0 Å². The molecule has 0 spiro atoms. The molecule has 9 nitrogen and oxygen atoms in total. The number of rotatable bonds is 10. The Labute approximate surface area is 176 Å². The van der Waals surface area contributed by atoms with Crippen LogP contribution in [-0.4, -0.2) is 45.0 Å². The Morgan fingerprint density at radius 3 is 2.62 bits per heavy atom. The molecule has 2 atom stereocenters. The SMILES string of the molecule is [NH3+][C@@H](CCC(=O)N[C@@H](CSC(=S)NCc1c[nH]c2ccccc12)C(=O)[O-])C(=O)[O-]. The van der Waals surface area contributed by atoms with Crippen molar-refractivity contribution in [1.82, 2.24) is 15.6 Å². The summed E-state index contributed by atoms with van der Waals surface area (Å²) in [6, 6.07) is 5.51. The number of quaternary nitrogens is 1. The van der Waals surface area contributed by atoms with Crippen molar-refractivity contribution in [2.75, 3.05) is 5.75 Å². The van der Waals surface area contributed by atoms with Crippen LogP contribution in [0.25, 0.3) is 10.9 Å². The molecule has 2 rings (SSSR count). The lowest BCUT2D eigenvalue weighted by molar-refractivity contribution is -0.438. The second-order valence-corrected chi connectivity index (χ2v) is 8.00. The van der Waals surface area contributed by atoms with Crippen molar-refractivity contribution in [2.45, 2.75) is 31.5 Å². The number of aromatic amines is 1. The quantitative estimate of drug-likeness (QED) is 0.300. The molecule has 0 radical (unpaired) electrons. The fourth-order valence-electron chi connectivity index (χ4n) is 2.51. The summed E-state index contributed by atoms with van der Waals surface area (Å²) in [5, 5.41) is 28.3. The van der Waals surface area contributed by atoms with Crippen molar-refractivity contribution in [2.24, 2.45) is 0 Å². The molecule has 1 amide bonds. The van der Waals surface area contributed by atoms with Crippen molar-refractivity contribution in [3.63, 3.8) is 0 Å². The molecular weight excluding hydrogens is 416 g/mol. The van der Waals surface area contributed by atoms with Gasteiger partial charge in [-0.2, -0.15) is 0 Å². The van der Waals surface area contributed by atoms with Gasteiger partial charge in [0.05, 0.1) is 18.0 Å². The summed E-state index contributed by atoms with van der Waals surface area (Å²) in [6.45, 7) is 0.465. The van der Waals surface area contributed by atoms with Crippen LogP contribution < -0.4 is 26.6 Å². The van der Waals surface area contributed by atoms with E-state index in [1.54, 1.807) is 0 Å². The second kappa shape index (κ2) is 10.8. The number of carbonyl (C=O) groups is 3. The van der Waals surface area contributed by atoms with Crippen LogP contribution in [-0.2, 0) is 20.9 Å². The summed E-state index contributed by atoms with van der Waals surface area (Å²) in [5.74, 6) is -3.44. The third kappa shape index (κ3) is 7.04. The molecule has 0 bridgehead atoms. The normalized spacial score (nSPS) is 12.9. The number of amides is 1. The lowest BCUT2D eigenvalue weighted by Crippen LogP contribution is -2.68. The highest BCUT2D eigenvalue weighted by Crippen LogP contribution is 2.17. The molecule has 6 N–H and O–H groups in total. The topological polar surface area (TPSA) is 165 Å². The number of fused-ring (bicyclic) bond motifs is 1. The molecule has 156 valence electrons. The monoisotopic (exact) mass is 437 g/mol. The van der Waals surface area contributed by atoms with Gasteiger partial charge in [0.2, 0.25) is 5.91 Å².